The Kier molecular flexibility index (Phi) is 6.38. The van der Waals surface area contributed by atoms with Gasteiger partial charge in [0.25, 0.3) is 0 Å². The molecule has 0 bridgehead atoms. The van der Waals surface area contributed by atoms with Crippen LogP contribution in [0.2, 0.25) is 0 Å². The van der Waals surface area contributed by atoms with Crippen molar-refractivity contribution in [2.24, 2.45) is 33.5 Å². The van der Waals surface area contributed by atoms with Crippen molar-refractivity contribution in [1.29, 1.82) is 0 Å². The van der Waals surface area contributed by atoms with Crippen LogP contribution >= 0.6 is 0 Å². The Balaban J connectivity index is 1.82. The van der Waals surface area contributed by atoms with Gasteiger partial charge in [0.1, 0.15) is 11.6 Å². The number of aliphatic hydroxyl groups is 1. The van der Waals surface area contributed by atoms with Crippen LogP contribution in [0.5, 0.6) is 0 Å². The predicted octanol–water partition coefficient (Wildman–Crippen LogP) is 4.40. The van der Waals surface area contributed by atoms with Crippen molar-refractivity contribution in [2.45, 2.75) is 99.5 Å². The molecule has 2 N–H and O–H groups in total. The Morgan fingerprint density at radius 2 is 1.65 bits per heavy atom. The van der Waals surface area contributed by atoms with Gasteiger partial charge in [-0.15, -0.1) is 0 Å². The molecule has 0 aromatic carbocycles. The summed E-state index contributed by atoms with van der Waals surface area (Å²) in [6, 6.07) is 0. The van der Waals surface area contributed by atoms with E-state index in [-0.39, 0.29) is 61.2 Å². The van der Waals surface area contributed by atoms with Crippen LogP contribution in [-0.4, -0.2) is 45.4 Å². The lowest BCUT2D eigenvalue weighted by Crippen LogP contribution is -2.59. The van der Waals surface area contributed by atoms with E-state index in [9.17, 15) is 29.1 Å². The topological polar surface area (TPSA) is 126 Å². The van der Waals surface area contributed by atoms with Crippen LogP contribution in [0.15, 0.2) is 22.3 Å². The van der Waals surface area contributed by atoms with E-state index >= 15 is 0 Å². The quantitative estimate of drug-likeness (QED) is 0.523. The minimum atomic E-state index is -1.17. The largest absolute Gasteiger partial charge is 0.481 e. The SMILES string of the molecule is CC(CC(=O)CC(C)C(=O)O)=C1CC(=O)C2(C)C3=C(C(=O)CC12C)C1(C)CCC(O)C(C)(C)C1CC3=O. The highest BCUT2D eigenvalue weighted by atomic mass is 16.4. The number of fused-ring (bicyclic) bond motifs is 4. The molecule has 6 unspecified atom stereocenters. The van der Waals surface area contributed by atoms with Gasteiger partial charge in [0, 0.05) is 54.1 Å². The maximum Gasteiger partial charge on any atom is 0.306 e. The van der Waals surface area contributed by atoms with Crippen molar-refractivity contribution in [1.82, 2.24) is 0 Å². The third kappa shape index (κ3) is 3.67. The smallest absolute Gasteiger partial charge is 0.306 e. The molecule has 4 rings (SSSR count). The second-order valence-corrected chi connectivity index (χ2v) is 13.3. The Labute approximate surface area is 218 Å². The van der Waals surface area contributed by atoms with Crippen LogP contribution < -0.4 is 0 Å². The lowest BCUT2D eigenvalue weighted by Gasteiger charge is -2.59. The molecule has 37 heavy (non-hydrogen) atoms. The van der Waals surface area contributed by atoms with Crippen molar-refractivity contribution in [3.05, 3.63) is 22.3 Å². The number of aliphatic hydroxyl groups excluding tert-OH is 1. The number of hydrogen-bond donors (Lipinski definition) is 2. The van der Waals surface area contributed by atoms with Crippen LogP contribution in [0, 0.1) is 33.5 Å². The fourth-order valence-corrected chi connectivity index (χ4v) is 8.30. The molecule has 0 aliphatic heterocycles. The second-order valence-electron chi connectivity index (χ2n) is 13.3. The average molecular weight is 513 g/mol. The second kappa shape index (κ2) is 8.55. The van der Waals surface area contributed by atoms with Gasteiger partial charge < -0.3 is 10.2 Å². The predicted molar refractivity (Wildman–Crippen MR) is 136 cm³/mol. The summed E-state index contributed by atoms with van der Waals surface area (Å²) in [4.78, 5) is 65.5. The normalized spacial score (nSPS) is 39.1. The number of carbonyl (C=O) groups excluding carboxylic acids is 4. The van der Waals surface area contributed by atoms with E-state index < -0.39 is 39.7 Å². The summed E-state index contributed by atoms with van der Waals surface area (Å²) >= 11 is 0. The number of Topliss-reactive ketones (excluding diaryl/α,β-unsaturated/α-hetero) is 4. The first-order chi connectivity index (χ1) is 16.9. The molecule has 4 aliphatic rings. The first-order valence-electron chi connectivity index (χ1n) is 13.4. The number of hydrogen-bond acceptors (Lipinski definition) is 6. The van der Waals surface area contributed by atoms with Crippen molar-refractivity contribution in [3.8, 4) is 0 Å². The van der Waals surface area contributed by atoms with Gasteiger partial charge in [0.2, 0.25) is 0 Å². The van der Waals surface area contributed by atoms with Crippen molar-refractivity contribution >= 4 is 29.1 Å². The van der Waals surface area contributed by atoms with Crippen molar-refractivity contribution in [2.75, 3.05) is 0 Å². The molecule has 2 saturated carbocycles. The summed E-state index contributed by atoms with van der Waals surface area (Å²) in [6.45, 7) is 12.9. The van der Waals surface area contributed by atoms with Gasteiger partial charge in [0.15, 0.2) is 11.6 Å². The average Bonchev–Trinajstić information content (AvgIpc) is 2.99. The molecule has 0 aromatic rings. The lowest BCUT2D eigenvalue weighted by atomic mass is 9.43. The highest BCUT2D eigenvalue weighted by Gasteiger charge is 2.69. The molecule has 7 heteroatoms. The molecule has 0 radical (unpaired) electrons. The van der Waals surface area contributed by atoms with Crippen LogP contribution in [0.3, 0.4) is 0 Å². The van der Waals surface area contributed by atoms with E-state index in [1.165, 1.54) is 6.92 Å². The first kappa shape index (κ1) is 27.6. The molecule has 0 amide bonds. The molecule has 4 aliphatic carbocycles. The summed E-state index contributed by atoms with van der Waals surface area (Å²) in [5.74, 6) is -2.66. The monoisotopic (exact) mass is 512 g/mol. The Hall–Kier alpha value is -2.41. The highest BCUT2D eigenvalue weighted by Crippen LogP contribution is 2.69. The Morgan fingerprint density at radius 1 is 1.03 bits per heavy atom. The van der Waals surface area contributed by atoms with Crippen LogP contribution in [-0.2, 0) is 24.0 Å². The minimum absolute atomic E-state index is 0.0197. The molecule has 0 saturated heterocycles. The third-order valence-corrected chi connectivity index (χ3v) is 10.8. The Bertz CT molecular complexity index is 1190. The fourth-order valence-electron chi connectivity index (χ4n) is 8.30. The maximum absolute atomic E-state index is 14.0. The minimum Gasteiger partial charge on any atom is -0.481 e. The summed E-state index contributed by atoms with van der Waals surface area (Å²) in [7, 11) is 0. The Morgan fingerprint density at radius 3 is 2.24 bits per heavy atom. The standard InChI is InChI=1S/C30H40O7/c1-15(10-17(31)11-16(2)26(36)37)18-12-23(35)30(7)25-19(32)13-21-27(3,4)22(34)8-9-28(21,5)24(25)20(33)14-29(18,30)6/h16,21-22,34H,8-14H2,1-7H3,(H,36,37). The number of carbonyl (C=O) groups is 5. The summed E-state index contributed by atoms with van der Waals surface area (Å²) in [5, 5.41) is 19.9. The van der Waals surface area contributed by atoms with Crippen LogP contribution in [0.4, 0.5) is 0 Å². The van der Waals surface area contributed by atoms with Crippen molar-refractivity contribution < 1.29 is 34.2 Å². The zero-order valence-electron chi connectivity index (χ0n) is 23.1. The number of carboxylic acid groups (broad SMARTS) is 1. The lowest BCUT2D eigenvalue weighted by molar-refractivity contribution is -0.143. The van der Waals surface area contributed by atoms with Gasteiger partial charge in [-0.05, 0) is 38.0 Å². The molecular formula is C30H40O7. The molecule has 2 fully saturated rings. The molecule has 0 aromatic heterocycles. The van der Waals surface area contributed by atoms with Crippen LogP contribution in [0.1, 0.15) is 93.4 Å². The molecule has 7 nitrogen and oxygen atoms in total. The summed E-state index contributed by atoms with van der Waals surface area (Å²) < 4.78 is 0. The van der Waals surface area contributed by atoms with Crippen molar-refractivity contribution in [3.63, 3.8) is 0 Å². The van der Waals surface area contributed by atoms with Gasteiger partial charge in [0.05, 0.1) is 17.4 Å². The van der Waals surface area contributed by atoms with E-state index in [1.807, 2.05) is 27.7 Å². The van der Waals surface area contributed by atoms with Gasteiger partial charge in [-0.1, -0.05) is 45.8 Å². The number of allylic oxidation sites excluding steroid dienone is 4. The third-order valence-electron chi connectivity index (χ3n) is 10.8. The molecular weight excluding hydrogens is 472 g/mol. The number of carboxylic acids is 1. The highest BCUT2D eigenvalue weighted by molar-refractivity contribution is 6.17. The van der Waals surface area contributed by atoms with E-state index in [1.54, 1.807) is 13.8 Å². The molecule has 0 heterocycles. The number of rotatable bonds is 5. The van der Waals surface area contributed by atoms with Gasteiger partial charge >= 0.3 is 5.97 Å². The first-order valence-corrected chi connectivity index (χ1v) is 13.4. The number of aliphatic carboxylic acids is 1. The van der Waals surface area contributed by atoms with E-state index in [4.69, 9.17) is 5.11 Å². The van der Waals surface area contributed by atoms with E-state index in [0.717, 1.165) is 5.57 Å². The van der Waals surface area contributed by atoms with Gasteiger partial charge in [-0.2, -0.15) is 0 Å². The maximum atomic E-state index is 14.0. The number of ketones is 4. The summed E-state index contributed by atoms with van der Waals surface area (Å²) in [6.07, 6.45) is 0.811. The van der Waals surface area contributed by atoms with E-state index in [0.29, 0.717) is 29.6 Å². The molecule has 6 atom stereocenters. The van der Waals surface area contributed by atoms with Gasteiger partial charge in [-0.3, -0.25) is 24.0 Å². The summed E-state index contributed by atoms with van der Waals surface area (Å²) in [5.41, 5.74) is -0.969. The van der Waals surface area contributed by atoms with E-state index in [2.05, 4.69) is 0 Å². The fraction of sp³-hybridized carbons (Fsp3) is 0.700. The molecule has 0 spiro atoms. The molecule has 202 valence electrons. The zero-order chi connectivity index (χ0) is 27.9. The van der Waals surface area contributed by atoms with Crippen LogP contribution in [0.25, 0.3) is 0 Å². The zero-order valence-corrected chi connectivity index (χ0v) is 23.1. The van der Waals surface area contributed by atoms with Gasteiger partial charge in [-0.25, -0.2) is 0 Å².